The van der Waals surface area contributed by atoms with Crippen LogP contribution in [-0.4, -0.2) is 39.0 Å². The van der Waals surface area contributed by atoms with Gasteiger partial charge in [-0.15, -0.1) is 22.7 Å². The predicted molar refractivity (Wildman–Crippen MR) is 148 cm³/mol. The van der Waals surface area contributed by atoms with Gasteiger partial charge in [-0.2, -0.15) is 10.2 Å². The molecule has 4 heterocycles. The molecule has 1 aliphatic carbocycles. The molecular formula is C28H24N4O4S2. The van der Waals surface area contributed by atoms with Gasteiger partial charge in [-0.3, -0.25) is 9.59 Å². The average molecular weight is 545 g/mol. The number of allylic oxidation sites excluding steroid dienone is 1. The summed E-state index contributed by atoms with van der Waals surface area (Å²) in [5.74, 6) is -1.08. The summed E-state index contributed by atoms with van der Waals surface area (Å²) < 4.78 is 6.55. The molecule has 1 aromatic carbocycles. The fraction of sp³-hybridized carbons (Fsp3) is 0.250. The van der Waals surface area contributed by atoms with Gasteiger partial charge in [-0.05, 0) is 59.9 Å². The number of aryl methyl sites for hydroxylation is 1. The molecule has 8 nitrogen and oxygen atoms in total. The van der Waals surface area contributed by atoms with Gasteiger partial charge in [-0.1, -0.05) is 30.3 Å². The molecule has 6 rings (SSSR count). The van der Waals surface area contributed by atoms with Crippen molar-refractivity contribution in [2.75, 3.05) is 6.61 Å². The van der Waals surface area contributed by atoms with Gasteiger partial charge in [-0.25, -0.2) is 14.5 Å². The fourth-order valence-electron chi connectivity index (χ4n) is 5.20. The van der Waals surface area contributed by atoms with Crippen LogP contribution in [0.1, 0.15) is 45.5 Å². The molecule has 0 unspecified atom stereocenters. The van der Waals surface area contributed by atoms with Crippen molar-refractivity contribution in [2.24, 2.45) is 18.1 Å². The SMILES string of the molecule is Cn1nc(C(=O)OCC(=O)N2N=C3/C(=C\c4cccs4)CCC[C@H]3[C@H]2c2cccs2)c2ccccc2c1=O. The second-order valence-electron chi connectivity index (χ2n) is 9.27. The number of ether oxygens (including phenoxy) is 1. The molecule has 0 radical (unpaired) electrons. The number of benzene rings is 1. The van der Waals surface area contributed by atoms with E-state index < -0.39 is 18.5 Å². The molecular weight excluding hydrogens is 520 g/mol. The summed E-state index contributed by atoms with van der Waals surface area (Å²) >= 11 is 3.27. The lowest BCUT2D eigenvalue weighted by Gasteiger charge is -2.28. The fourth-order valence-corrected chi connectivity index (χ4v) is 6.76. The predicted octanol–water partition coefficient (Wildman–Crippen LogP) is 5.04. The van der Waals surface area contributed by atoms with E-state index in [1.54, 1.807) is 46.9 Å². The minimum atomic E-state index is -0.764. The van der Waals surface area contributed by atoms with Gasteiger partial charge in [0.25, 0.3) is 11.5 Å². The Balaban J connectivity index is 1.28. The van der Waals surface area contributed by atoms with Gasteiger partial charge in [0, 0.05) is 28.1 Å². The third kappa shape index (κ3) is 4.39. The van der Waals surface area contributed by atoms with Crippen LogP contribution in [0.15, 0.2) is 74.8 Å². The molecule has 0 saturated heterocycles. The van der Waals surface area contributed by atoms with Crippen molar-refractivity contribution in [3.05, 3.63) is 90.7 Å². The first-order valence-corrected chi connectivity index (χ1v) is 14.1. The van der Waals surface area contributed by atoms with E-state index in [1.807, 2.05) is 29.0 Å². The zero-order valence-corrected chi connectivity index (χ0v) is 22.2. The van der Waals surface area contributed by atoms with Crippen LogP contribution in [0.25, 0.3) is 16.8 Å². The summed E-state index contributed by atoms with van der Waals surface area (Å²) in [5.41, 5.74) is 1.77. The maximum Gasteiger partial charge on any atom is 0.359 e. The summed E-state index contributed by atoms with van der Waals surface area (Å²) in [5, 5.41) is 15.2. The minimum Gasteiger partial charge on any atom is -0.451 e. The van der Waals surface area contributed by atoms with E-state index in [0.717, 1.165) is 45.0 Å². The van der Waals surface area contributed by atoms with Gasteiger partial charge >= 0.3 is 5.97 Å². The summed E-state index contributed by atoms with van der Waals surface area (Å²) in [6, 6.07) is 14.6. The number of carbonyl (C=O) groups is 2. The molecule has 1 saturated carbocycles. The van der Waals surface area contributed by atoms with Crippen LogP contribution in [0.2, 0.25) is 0 Å². The highest BCUT2D eigenvalue weighted by atomic mass is 32.1. The lowest BCUT2D eigenvalue weighted by atomic mass is 9.79. The van der Waals surface area contributed by atoms with Gasteiger partial charge in [0.05, 0.1) is 17.1 Å². The Bertz CT molecular complexity index is 1640. The second-order valence-corrected chi connectivity index (χ2v) is 11.2. The maximum absolute atomic E-state index is 13.5. The number of amides is 1. The van der Waals surface area contributed by atoms with E-state index in [0.29, 0.717) is 10.8 Å². The third-order valence-electron chi connectivity index (χ3n) is 6.93. The Kier molecular flexibility index (Phi) is 6.50. The van der Waals surface area contributed by atoms with E-state index in [2.05, 4.69) is 17.2 Å². The van der Waals surface area contributed by atoms with Crippen molar-refractivity contribution in [3.63, 3.8) is 0 Å². The van der Waals surface area contributed by atoms with Crippen LogP contribution in [0.3, 0.4) is 0 Å². The summed E-state index contributed by atoms with van der Waals surface area (Å²) in [6.45, 7) is -0.479. The monoisotopic (exact) mass is 544 g/mol. The Labute approximate surface area is 226 Å². The average Bonchev–Trinajstić information content (AvgIpc) is 3.70. The molecule has 0 N–H and O–H groups in total. The Morgan fingerprint density at radius 2 is 1.87 bits per heavy atom. The summed E-state index contributed by atoms with van der Waals surface area (Å²) in [4.78, 5) is 41.1. The number of esters is 1. The van der Waals surface area contributed by atoms with Crippen molar-refractivity contribution in [1.29, 1.82) is 0 Å². The topological polar surface area (TPSA) is 93.9 Å². The molecule has 192 valence electrons. The number of thiophene rings is 2. The lowest BCUT2D eigenvalue weighted by Crippen LogP contribution is -2.34. The molecule has 2 atom stereocenters. The Morgan fingerprint density at radius 3 is 2.63 bits per heavy atom. The number of hydrogen-bond acceptors (Lipinski definition) is 8. The molecule has 1 amide bonds. The molecule has 2 aliphatic rings. The van der Waals surface area contributed by atoms with Crippen LogP contribution in [0.5, 0.6) is 0 Å². The lowest BCUT2D eigenvalue weighted by molar-refractivity contribution is -0.136. The molecule has 1 fully saturated rings. The van der Waals surface area contributed by atoms with Crippen molar-refractivity contribution >= 4 is 57.1 Å². The van der Waals surface area contributed by atoms with E-state index in [1.165, 1.54) is 12.1 Å². The van der Waals surface area contributed by atoms with Crippen molar-refractivity contribution < 1.29 is 14.3 Å². The van der Waals surface area contributed by atoms with Gasteiger partial charge in [0.2, 0.25) is 0 Å². The van der Waals surface area contributed by atoms with Crippen LogP contribution in [0, 0.1) is 5.92 Å². The number of rotatable bonds is 5. The van der Waals surface area contributed by atoms with E-state index in [9.17, 15) is 14.4 Å². The molecule has 0 bridgehead atoms. The van der Waals surface area contributed by atoms with Crippen LogP contribution in [-0.2, 0) is 16.6 Å². The number of hydrazone groups is 1. The van der Waals surface area contributed by atoms with Gasteiger partial charge < -0.3 is 4.74 Å². The zero-order chi connectivity index (χ0) is 26.2. The highest BCUT2D eigenvalue weighted by molar-refractivity contribution is 7.11. The molecule has 1 aliphatic heterocycles. The first kappa shape index (κ1) is 24.4. The Morgan fingerprint density at radius 1 is 1.08 bits per heavy atom. The van der Waals surface area contributed by atoms with Crippen molar-refractivity contribution in [1.82, 2.24) is 14.8 Å². The molecule has 0 spiro atoms. The highest BCUT2D eigenvalue weighted by Gasteiger charge is 2.44. The number of hydrogen-bond donors (Lipinski definition) is 0. The highest BCUT2D eigenvalue weighted by Crippen LogP contribution is 2.45. The van der Waals surface area contributed by atoms with Gasteiger partial charge in [0.15, 0.2) is 12.3 Å². The molecule has 10 heteroatoms. The maximum atomic E-state index is 13.5. The van der Waals surface area contributed by atoms with Gasteiger partial charge in [0.1, 0.15) is 0 Å². The van der Waals surface area contributed by atoms with Crippen LogP contribution < -0.4 is 5.56 Å². The van der Waals surface area contributed by atoms with E-state index in [-0.39, 0.29) is 23.2 Å². The molecule has 4 aromatic rings. The largest absolute Gasteiger partial charge is 0.451 e. The molecule has 38 heavy (non-hydrogen) atoms. The number of nitrogens with zero attached hydrogens (tertiary/aromatic N) is 4. The zero-order valence-electron chi connectivity index (χ0n) is 20.6. The summed E-state index contributed by atoms with van der Waals surface area (Å²) in [6.07, 6.45) is 5.03. The smallest absolute Gasteiger partial charge is 0.359 e. The second kappa shape index (κ2) is 10.1. The third-order valence-corrected chi connectivity index (χ3v) is 8.69. The van der Waals surface area contributed by atoms with Crippen LogP contribution >= 0.6 is 22.7 Å². The van der Waals surface area contributed by atoms with E-state index in [4.69, 9.17) is 9.84 Å². The quantitative estimate of drug-likeness (QED) is 0.328. The standard InChI is InChI=1S/C28H24N4O4S2/c1-31-27(34)20-10-3-2-9-19(20)25(29-31)28(35)36-16-23(33)32-26(22-12-6-14-38-22)21-11-4-7-17(24(21)30-32)15-18-8-5-13-37-18/h2-3,5-6,8-10,12-15,21,26H,4,7,11,16H2,1H3/b17-15-/t21-,26+/m1/s1. The van der Waals surface area contributed by atoms with Crippen LogP contribution in [0.4, 0.5) is 0 Å². The first-order chi connectivity index (χ1) is 18.5. The number of fused-ring (bicyclic) bond motifs is 2. The summed E-state index contributed by atoms with van der Waals surface area (Å²) in [7, 11) is 1.48. The van der Waals surface area contributed by atoms with Crippen molar-refractivity contribution in [2.45, 2.75) is 25.3 Å². The van der Waals surface area contributed by atoms with E-state index >= 15 is 0 Å². The minimum absolute atomic E-state index is 0.00659. The molecule has 3 aromatic heterocycles. The first-order valence-electron chi connectivity index (χ1n) is 12.3. The normalized spacial score (nSPS) is 20.0. The number of carbonyl (C=O) groups excluding carboxylic acids is 2. The van der Waals surface area contributed by atoms with Crippen molar-refractivity contribution in [3.8, 4) is 0 Å². The number of aromatic nitrogens is 2. The Hall–Kier alpha value is -3.89.